The predicted molar refractivity (Wildman–Crippen MR) is 89.3 cm³/mol. The Bertz CT molecular complexity index is 1030. The summed E-state index contributed by atoms with van der Waals surface area (Å²) < 4.78 is 51.2. The lowest BCUT2D eigenvalue weighted by molar-refractivity contribution is 0.0769. The maximum atomic E-state index is 13.6. The monoisotopic (exact) mass is 370 g/mol. The van der Waals surface area contributed by atoms with E-state index >= 15 is 0 Å². The molecule has 3 rings (SSSR count). The van der Waals surface area contributed by atoms with Crippen LogP contribution in [0.4, 0.5) is 8.78 Å². The van der Waals surface area contributed by atoms with Crippen molar-refractivity contribution in [3.63, 3.8) is 0 Å². The zero-order valence-electron chi connectivity index (χ0n) is 12.8. The highest BCUT2D eigenvalue weighted by Gasteiger charge is 2.20. The number of rotatable bonds is 3. The highest BCUT2D eigenvalue weighted by molar-refractivity contribution is 7.90. The van der Waals surface area contributed by atoms with Gasteiger partial charge in [0.1, 0.15) is 5.15 Å². The summed E-state index contributed by atoms with van der Waals surface area (Å²) in [5.74, 6) is 0. The lowest BCUT2D eigenvalue weighted by atomic mass is 10.1. The van der Waals surface area contributed by atoms with Crippen LogP contribution in [0.1, 0.15) is 12.2 Å². The maximum Gasteiger partial charge on any atom is 0.319 e. The van der Waals surface area contributed by atoms with Crippen LogP contribution < -0.4 is 0 Å². The van der Waals surface area contributed by atoms with Crippen LogP contribution in [-0.2, 0) is 9.84 Å². The molecule has 24 heavy (non-hydrogen) atoms. The summed E-state index contributed by atoms with van der Waals surface area (Å²) >= 11 is 5.89. The molecule has 0 spiro atoms. The van der Waals surface area contributed by atoms with Gasteiger partial charge in [-0.2, -0.15) is 8.78 Å². The zero-order chi connectivity index (χ0) is 17.6. The minimum atomic E-state index is -3.35. The Morgan fingerprint density at radius 1 is 1.17 bits per heavy atom. The van der Waals surface area contributed by atoms with Gasteiger partial charge in [0.05, 0.1) is 16.1 Å². The molecule has 2 aromatic heterocycles. The van der Waals surface area contributed by atoms with Gasteiger partial charge in [0.15, 0.2) is 9.84 Å². The lowest BCUT2D eigenvalue weighted by Crippen LogP contribution is -2.01. The Labute approximate surface area is 142 Å². The molecule has 0 atom stereocenters. The van der Waals surface area contributed by atoms with Crippen LogP contribution in [0.15, 0.2) is 41.3 Å². The normalized spacial score (nSPS) is 12.2. The van der Waals surface area contributed by atoms with Crippen molar-refractivity contribution in [3.05, 3.63) is 47.2 Å². The molecule has 0 aliphatic rings. The number of hydrogen-bond acceptors (Lipinski definition) is 3. The first-order valence-electron chi connectivity index (χ1n) is 6.95. The van der Waals surface area contributed by atoms with Crippen molar-refractivity contribution in [2.75, 3.05) is 6.26 Å². The first-order chi connectivity index (χ1) is 11.2. The average molecular weight is 371 g/mol. The molecule has 8 heteroatoms. The van der Waals surface area contributed by atoms with Crippen LogP contribution in [0, 0.1) is 6.92 Å². The maximum absolute atomic E-state index is 13.6. The second-order valence-corrected chi connectivity index (χ2v) is 7.84. The smallest absolute Gasteiger partial charge is 0.284 e. The minimum absolute atomic E-state index is 0.131. The number of benzene rings is 1. The molecule has 0 radical (unpaired) electrons. The van der Waals surface area contributed by atoms with E-state index in [-0.39, 0.29) is 21.3 Å². The molecule has 0 bridgehead atoms. The SMILES string of the molecule is Cc1nc(Cl)cc2c1cc(-c1ccc(S(C)(=O)=O)cc1)n2C(F)F. The van der Waals surface area contributed by atoms with Gasteiger partial charge >= 0.3 is 6.55 Å². The van der Waals surface area contributed by atoms with Crippen molar-refractivity contribution >= 4 is 32.3 Å². The van der Waals surface area contributed by atoms with Gasteiger partial charge in [-0.15, -0.1) is 0 Å². The van der Waals surface area contributed by atoms with Crippen LogP contribution in [0.3, 0.4) is 0 Å². The van der Waals surface area contributed by atoms with Crippen LogP contribution in [0.25, 0.3) is 22.2 Å². The number of sulfone groups is 1. The number of hydrogen-bond donors (Lipinski definition) is 0. The highest BCUT2D eigenvalue weighted by atomic mass is 35.5. The molecular formula is C16H13ClF2N2O2S. The average Bonchev–Trinajstić information content (AvgIpc) is 2.86. The van der Waals surface area contributed by atoms with E-state index in [9.17, 15) is 17.2 Å². The van der Waals surface area contributed by atoms with Crippen LogP contribution in [0.2, 0.25) is 5.15 Å². The fourth-order valence-corrected chi connectivity index (χ4v) is 3.51. The molecule has 0 N–H and O–H groups in total. The Hall–Kier alpha value is -1.99. The highest BCUT2D eigenvalue weighted by Crippen LogP contribution is 2.35. The van der Waals surface area contributed by atoms with Crippen LogP contribution >= 0.6 is 11.6 Å². The molecule has 0 unspecified atom stereocenters. The first kappa shape index (κ1) is 16.9. The molecule has 0 amide bonds. The molecule has 0 saturated carbocycles. The number of pyridine rings is 1. The van der Waals surface area contributed by atoms with Crippen molar-refractivity contribution < 1.29 is 17.2 Å². The summed E-state index contributed by atoms with van der Waals surface area (Å²) in [7, 11) is -3.35. The van der Waals surface area contributed by atoms with Crippen molar-refractivity contribution in [2.45, 2.75) is 18.4 Å². The van der Waals surface area contributed by atoms with Gasteiger partial charge in [-0.1, -0.05) is 23.7 Å². The largest absolute Gasteiger partial charge is 0.319 e. The van der Waals surface area contributed by atoms with Gasteiger partial charge in [-0.05, 0) is 36.8 Å². The van der Waals surface area contributed by atoms with Crippen molar-refractivity contribution in [3.8, 4) is 11.3 Å². The van der Waals surface area contributed by atoms with E-state index in [1.165, 1.54) is 30.3 Å². The van der Waals surface area contributed by atoms with E-state index < -0.39 is 16.4 Å². The predicted octanol–water partition coefficient (Wildman–Crippen LogP) is 4.46. The van der Waals surface area contributed by atoms with Gasteiger partial charge in [0.25, 0.3) is 0 Å². The minimum Gasteiger partial charge on any atom is -0.284 e. The molecule has 1 aromatic carbocycles. The molecule has 3 aromatic rings. The van der Waals surface area contributed by atoms with E-state index in [0.29, 0.717) is 16.6 Å². The Balaban J connectivity index is 2.26. The molecule has 0 saturated heterocycles. The van der Waals surface area contributed by atoms with E-state index in [1.807, 2.05) is 0 Å². The summed E-state index contributed by atoms with van der Waals surface area (Å²) in [5.41, 5.74) is 1.58. The zero-order valence-corrected chi connectivity index (χ0v) is 14.4. The fourth-order valence-electron chi connectivity index (χ4n) is 2.65. The molecule has 0 fully saturated rings. The van der Waals surface area contributed by atoms with Gasteiger partial charge in [-0.3, -0.25) is 4.57 Å². The molecule has 0 aliphatic carbocycles. The van der Waals surface area contributed by atoms with Crippen molar-refractivity contribution in [2.24, 2.45) is 0 Å². The molecular weight excluding hydrogens is 358 g/mol. The van der Waals surface area contributed by atoms with Gasteiger partial charge in [0, 0.05) is 17.3 Å². The van der Waals surface area contributed by atoms with E-state index in [4.69, 9.17) is 11.6 Å². The van der Waals surface area contributed by atoms with Gasteiger partial charge in [-0.25, -0.2) is 13.4 Å². The quantitative estimate of drug-likeness (QED) is 0.639. The Morgan fingerprint density at radius 3 is 2.33 bits per heavy atom. The third-order valence-corrected chi connectivity index (χ3v) is 5.09. The second-order valence-electron chi connectivity index (χ2n) is 5.44. The standard InChI is InChI=1S/C16H13ClF2N2O2S/c1-9-12-7-13(10-3-5-11(6-4-10)24(2,22)23)21(16(18)19)14(12)8-15(17)20-9/h3-8,16H,1-2H3. The Morgan fingerprint density at radius 2 is 1.79 bits per heavy atom. The summed E-state index contributed by atoms with van der Waals surface area (Å²) in [6, 6.07) is 8.81. The van der Waals surface area contributed by atoms with Crippen molar-refractivity contribution in [1.29, 1.82) is 0 Å². The van der Waals surface area contributed by atoms with Gasteiger partial charge in [0.2, 0.25) is 0 Å². The molecule has 2 heterocycles. The third kappa shape index (κ3) is 2.89. The topological polar surface area (TPSA) is 52.0 Å². The summed E-state index contributed by atoms with van der Waals surface area (Å²) in [4.78, 5) is 4.21. The third-order valence-electron chi connectivity index (χ3n) is 3.77. The number of nitrogens with zero attached hydrogens (tertiary/aromatic N) is 2. The summed E-state index contributed by atoms with van der Waals surface area (Å²) in [6.45, 7) is -1.08. The number of aryl methyl sites for hydroxylation is 1. The number of halogens is 3. The molecule has 4 nitrogen and oxygen atoms in total. The van der Waals surface area contributed by atoms with Crippen molar-refractivity contribution in [1.82, 2.24) is 9.55 Å². The number of fused-ring (bicyclic) bond motifs is 1. The fraction of sp³-hybridized carbons (Fsp3) is 0.188. The summed E-state index contributed by atoms with van der Waals surface area (Å²) in [6.07, 6.45) is 1.09. The molecule has 0 aliphatic heterocycles. The van der Waals surface area contributed by atoms with E-state index in [2.05, 4.69) is 4.98 Å². The second kappa shape index (κ2) is 5.82. The molecule has 126 valence electrons. The van der Waals surface area contributed by atoms with Gasteiger partial charge < -0.3 is 0 Å². The summed E-state index contributed by atoms with van der Waals surface area (Å²) in [5, 5.41) is 0.709. The van der Waals surface area contributed by atoms with E-state index in [0.717, 1.165) is 10.8 Å². The lowest BCUT2D eigenvalue weighted by Gasteiger charge is -2.10. The number of alkyl halides is 2. The Kier molecular flexibility index (Phi) is 4.09. The van der Waals surface area contributed by atoms with Crippen LogP contribution in [-0.4, -0.2) is 24.2 Å². The van der Waals surface area contributed by atoms with E-state index in [1.54, 1.807) is 13.0 Å². The first-order valence-corrected chi connectivity index (χ1v) is 9.22. The number of aromatic nitrogens is 2. The van der Waals surface area contributed by atoms with Crippen LogP contribution in [0.5, 0.6) is 0 Å².